The van der Waals surface area contributed by atoms with E-state index >= 15 is 0 Å². The minimum absolute atomic E-state index is 0.0682. The number of nitrogens with one attached hydrogen (secondary N) is 2. The number of hydrogen-bond acceptors (Lipinski definition) is 4. The number of nitrogens with two attached hydrogens (primary N) is 1. The van der Waals surface area contributed by atoms with E-state index in [-0.39, 0.29) is 11.3 Å². The Hall–Kier alpha value is -1.75. The molecule has 0 unspecified atom stereocenters. The van der Waals surface area contributed by atoms with Crippen LogP contribution in [-0.2, 0) is 16.0 Å². The Kier molecular flexibility index (Phi) is 4.73. The van der Waals surface area contributed by atoms with Crippen molar-refractivity contribution in [2.45, 2.75) is 33.1 Å². The zero-order valence-corrected chi connectivity index (χ0v) is 13.1. The molecule has 0 saturated carbocycles. The van der Waals surface area contributed by atoms with E-state index in [2.05, 4.69) is 24.5 Å². The van der Waals surface area contributed by atoms with Crippen molar-refractivity contribution in [1.29, 1.82) is 0 Å². The molecule has 0 saturated heterocycles. The molecule has 0 spiro atoms. The van der Waals surface area contributed by atoms with E-state index in [4.69, 9.17) is 10.5 Å². The fourth-order valence-electron chi connectivity index (χ4n) is 2.40. The molecular formula is C16H25N3O2. The van der Waals surface area contributed by atoms with E-state index in [9.17, 15) is 4.79 Å². The lowest BCUT2D eigenvalue weighted by Crippen LogP contribution is -2.25. The van der Waals surface area contributed by atoms with Gasteiger partial charge in [-0.05, 0) is 36.0 Å². The molecule has 0 aliphatic carbocycles. The first-order valence-corrected chi connectivity index (χ1v) is 7.36. The third kappa shape index (κ3) is 4.11. The Bertz CT molecular complexity index is 526. The first-order valence-electron chi connectivity index (χ1n) is 7.36. The highest BCUT2D eigenvalue weighted by Crippen LogP contribution is 2.32. The summed E-state index contributed by atoms with van der Waals surface area (Å²) < 4.78 is 5.14. The summed E-state index contributed by atoms with van der Waals surface area (Å²) in [6.07, 6.45) is 2.26. The van der Waals surface area contributed by atoms with Gasteiger partial charge in [-0.2, -0.15) is 0 Å². The minimum Gasteiger partial charge on any atom is -0.397 e. The molecule has 116 valence electrons. The van der Waals surface area contributed by atoms with Crippen molar-refractivity contribution in [1.82, 2.24) is 0 Å². The van der Waals surface area contributed by atoms with Crippen LogP contribution in [0.3, 0.4) is 0 Å². The van der Waals surface area contributed by atoms with Gasteiger partial charge in [-0.15, -0.1) is 0 Å². The van der Waals surface area contributed by atoms with Crippen LogP contribution in [0.5, 0.6) is 0 Å². The Morgan fingerprint density at radius 1 is 1.38 bits per heavy atom. The molecule has 0 radical (unpaired) electrons. The Morgan fingerprint density at radius 3 is 2.86 bits per heavy atom. The first-order chi connectivity index (χ1) is 9.91. The van der Waals surface area contributed by atoms with Crippen molar-refractivity contribution >= 4 is 23.0 Å². The lowest BCUT2D eigenvalue weighted by molar-refractivity contribution is -0.116. The van der Waals surface area contributed by atoms with Crippen LogP contribution in [0.25, 0.3) is 0 Å². The molecular weight excluding hydrogens is 266 g/mol. The predicted molar refractivity (Wildman–Crippen MR) is 86.6 cm³/mol. The third-order valence-electron chi connectivity index (χ3n) is 3.91. The second-order valence-electron chi connectivity index (χ2n) is 6.41. The van der Waals surface area contributed by atoms with Gasteiger partial charge in [0.15, 0.2) is 0 Å². The van der Waals surface area contributed by atoms with Crippen molar-refractivity contribution in [3.05, 3.63) is 17.7 Å². The molecule has 0 aromatic heterocycles. The van der Waals surface area contributed by atoms with E-state index in [0.29, 0.717) is 6.42 Å². The number of carbonyl (C=O) groups excluding carboxylic acids is 1. The van der Waals surface area contributed by atoms with Gasteiger partial charge in [0.05, 0.1) is 11.4 Å². The fourth-order valence-corrected chi connectivity index (χ4v) is 2.40. The molecule has 2 rings (SSSR count). The quantitative estimate of drug-likeness (QED) is 0.704. The number of ether oxygens (including phenoxy) is 1. The van der Waals surface area contributed by atoms with Gasteiger partial charge in [-0.1, -0.05) is 13.8 Å². The number of amides is 1. The summed E-state index contributed by atoms with van der Waals surface area (Å²) >= 11 is 0. The number of carbonyl (C=O) groups is 1. The van der Waals surface area contributed by atoms with E-state index in [1.54, 1.807) is 7.11 Å². The molecule has 21 heavy (non-hydrogen) atoms. The first kappa shape index (κ1) is 15.6. The monoisotopic (exact) mass is 291 g/mol. The van der Waals surface area contributed by atoms with Crippen LogP contribution in [0.2, 0.25) is 0 Å². The predicted octanol–water partition coefficient (Wildman–Crippen LogP) is 2.63. The second kappa shape index (κ2) is 6.35. The number of benzene rings is 1. The number of nitrogen functional groups attached to an aromatic ring is 1. The van der Waals surface area contributed by atoms with Crippen LogP contribution in [0, 0.1) is 5.41 Å². The average Bonchev–Trinajstić information content (AvgIpc) is 2.43. The molecule has 0 atom stereocenters. The standard InChI is InChI=1S/C16H25N3O2/c1-16(2,6-7-21-3)10-18-14-9-13-11(8-12(14)17)4-5-15(20)19-13/h8-9,18H,4-7,10,17H2,1-3H3,(H,19,20). The van der Waals surface area contributed by atoms with E-state index in [1.807, 2.05) is 12.1 Å². The van der Waals surface area contributed by atoms with Crippen LogP contribution in [-0.4, -0.2) is 26.2 Å². The molecule has 1 aromatic rings. The van der Waals surface area contributed by atoms with Crippen molar-refractivity contribution in [2.24, 2.45) is 5.41 Å². The lowest BCUT2D eigenvalue weighted by Gasteiger charge is -2.26. The summed E-state index contributed by atoms with van der Waals surface area (Å²) in [4.78, 5) is 11.5. The van der Waals surface area contributed by atoms with Crippen molar-refractivity contribution in [2.75, 3.05) is 36.6 Å². The van der Waals surface area contributed by atoms with Gasteiger partial charge in [-0.3, -0.25) is 4.79 Å². The van der Waals surface area contributed by atoms with Gasteiger partial charge in [0, 0.05) is 32.4 Å². The average molecular weight is 291 g/mol. The molecule has 5 heteroatoms. The van der Waals surface area contributed by atoms with Crippen LogP contribution in [0.4, 0.5) is 17.1 Å². The molecule has 1 aromatic carbocycles. The minimum atomic E-state index is 0.0682. The van der Waals surface area contributed by atoms with Crippen LogP contribution < -0.4 is 16.4 Å². The SMILES string of the molecule is COCCC(C)(C)CNc1cc2c(cc1N)CCC(=O)N2. The largest absolute Gasteiger partial charge is 0.397 e. The highest BCUT2D eigenvalue weighted by molar-refractivity contribution is 5.95. The molecule has 1 amide bonds. The van der Waals surface area contributed by atoms with E-state index in [0.717, 1.165) is 48.6 Å². The zero-order chi connectivity index (χ0) is 15.5. The fraction of sp³-hybridized carbons (Fsp3) is 0.562. The summed E-state index contributed by atoms with van der Waals surface area (Å²) in [5.41, 5.74) is 9.81. The zero-order valence-electron chi connectivity index (χ0n) is 13.1. The maximum absolute atomic E-state index is 11.5. The van der Waals surface area contributed by atoms with Gasteiger partial charge >= 0.3 is 0 Å². The molecule has 1 heterocycles. The Labute approximate surface area is 126 Å². The number of methoxy groups -OCH3 is 1. The van der Waals surface area contributed by atoms with Crippen molar-refractivity contribution in [3.63, 3.8) is 0 Å². The summed E-state index contributed by atoms with van der Waals surface area (Å²) in [5, 5.41) is 6.30. The molecule has 5 nitrogen and oxygen atoms in total. The van der Waals surface area contributed by atoms with Crippen LogP contribution in [0.15, 0.2) is 12.1 Å². The van der Waals surface area contributed by atoms with Crippen molar-refractivity contribution < 1.29 is 9.53 Å². The number of fused-ring (bicyclic) bond motifs is 1. The summed E-state index contributed by atoms with van der Waals surface area (Å²) in [5.74, 6) is 0.0682. The highest BCUT2D eigenvalue weighted by Gasteiger charge is 2.20. The van der Waals surface area contributed by atoms with Gasteiger partial charge < -0.3 is 21.1 Å². The van der Waals surface area contributed by atoms with Crippen LogP contribution >= 0.6 is 0 Å². The molecule has 0 bridgehead atoms. The lowest BCUT2D eigenvalue weighted by atomic mass is 9.89. The maximum atomic E-state index is 11.5. The van der Waals surface area contributed by atoms with Gasteiger partial charge in [0.25, 0.3) is 0 Å². The molecule has 1 aliphatic rings. The number of anilines is 3. The number of hydrogen-bond donors (Lipinski definition) is 3. The molecule has 1 aliphatic heterocycles. The topological polar surface area (TPSA) is 76.4 Å². The van der Waals surface area contributed by atoms with Gasteiger partial charge in [0.2, 0.25) is 5.91 Å². The summed E-state index contributed by atoms with van der Waals surface area (Å²) in [6, 6.07) is 3.90. The summed E-state index contributed by atoms with van der Waals surface area (Å²) in [6.45, 7) is 5.92. The number of aryl methyl sites for hydroxylation is 1. The van der Waals surface area contributed by atoms with E-state index in [1.165, 1.54) is 0 Å². The third-order valence-corrected chi connectivity index (χ3v) is 3.91. The maximum Gasteiger partial charge on any atom is 0.224 e. The molecule has 4 N–H and O–H groups in total. The summed E-state index contributed by atoms with van der Waals surface area (Å²) in [7, 11) is 1.72. The van der Waals surface area contributed by atoms with Crippen LogP contribution in [0.1, 0.15) is 32.3 Å². The Morgan fingerprint density at radius 2 is 2.14 bits per heavy atom. The Balaban J connectivity index is 2.07. The molecule has 0 fully saturated rings. The number of rotatable bonds is 6. The second-order valence-corrected chi connectivity index (χ2v) is 6.41. The normalized spacial score (nSPS) is 14.5. The van der Waals surface area contributed by atoms with Gasteiger partial charge in [0.1, 0.15) is 0 Å². The van der Waals surface area contributed by atoms with Crippen molar-refractivity contribution in [3.8, 4) is 0 Å². The van der Waals surface area contributed by atoms with E-state index < -0.39 is 0 Å². The highest BCUT2D eigenvalue weighted by atomic mass is 16.5. The van der Waals surface area contributed by atoms with Gasteiger partial charge in [-0.25, -0.2) is 0 Å². The smallest absolute Gasteiger partial charge is 0.224 e.